The van der Waals surface area contributed by atoms with Gasteiger partial charge in [-0.15, -0.1) is 11.3 Å². The maximum Gasteiger partial charge on any atom is 0.315 e. The van der Waals surface area contributed by atoms with E-state index in [1.165, 1.54) is 11.3 Å². The minimum Gasteiger partial charge on any atom is -0.481 e. The number of thiazole rings is 1. The van der Waals surface area contributed by atoms with E-state index in [0.717, 1.165) is 42.8 Å². The number of hydrogen-bond donors (Lipinski definition) is 3. The largest absolute Gasteiger partial charge is 0.481 e. The number of aromatic nitrogens is 1. The Morgan fingerprint density at radius 2 is 2.10 bits per heavy atom. The van der Waals surface area contributed by atoms with Gasteiger partial charge >= 0.3 is 12.0 Å². The van der Waals surface area contributed by atoms with E-state index in [-0.39, 0.29) is 12.5 Å². The van der Waals surface area contributed by atoms with Crippen LogP contribution in [0.4, 0.5) is 4.79 Å². The van der Waals surface area contributed by atoms with Crippen LogP contribution in [0, 0.1) is 6.92 Å². The van der Waals surface area contributed by atoms with Gasteiger partial charge in [-0.25, -0.2) is 9.78 Å². The Morgan fingerprint density at radius 3 is 2.67 bits per heavy atom. The molecule has 0 aromatic carbocycles. The molecule has 1 aromatic rings. The maximum atomic E-state index is 12.0. The van der Waals surface area contributed by atoms with Crippen molar-refractivity contribution in [2.75, 3.05) is 0 Å². The van der Waals surface area contributed by atoms with Crippen molar-refractivity contribution in [3.63, 3.8) is 0 Å². The maximum absolute atomic E-state index is 12.0. The molecular formula is C14H21N3O3S. The van der Waals surface area contributed by atoms with Crippen molar-refractivity contribution in [1.29, 1.82) is 0 Å². The van der Waals surface area contributed by atoms with Crippen LogP contribution < -0.4 is 10.6 Å². The van der Waals surface area contributed by atoms with Gasteiger partial charge in [0, 0.05) is 11.1 Å². The van der Waals surface area contributed by atoms with Crippen LogP contribution in [0.5, 0.6) is 0 Å². The fourth-order valence-electron chi connectivity index (χ4n) is 2.79. The highest BCUT2D eigenvalue weighted by Gasteiger charge is 2.35. The molecule has 1 aliphatic rings. The van der Waals surface area contributed by atoms with Crippen LogP contribution in [-0.2, 0) is 11.3 Å². The molecule has 1 saturated carbocycles. The highest BCUT2D eigenvalue weighted by Crippen LogP contribution is 2.31. The molecule has 21 heavy (non-hydrogen) atoms. The van der Waals surface area contributed by atoms with Crippen molar-refractivity contribution in [3.8, 4) is 0 Å². The number of rotatable bonds is 5. The van der Waals surface area contributed by atoms with Gasteiger partial charge in [-0.05, 0) is 19.8 Å². The molecule has 0 unspecified atom stereocenters. The van der Waals surface area contributed by atoms with Gasteiger partial charge in [0.25, 0.3) is 0 Å². The van der Waals surface area contributed by atoms with Crippen molar-refractivity contribution in [2.45, 2.75) is 57.5 Å². The Bertz CT molecular complexity index is 509. The van der Waals surface area contributed by atoms with Crippen LogP contribution in [0.3, 0.4) is 0 Å². The lowest BCUT2D eigenvalue weighted by molar-refractivity contribution is -0.139. The number of hydrogen-bond acceptors (Lipinski definition) is 4. The number of amides is 2. The lowest BCUT2D eigenvalue weighted by Gasteiger charge is -2.36. The third-order valence-corrected chi connectivity index (χ3v) is 4.71. The van der Waals surface area contributed by atoms with E-state index in [4.69, 9.17) is 5.11 Å². The third kappa shape index (κ3) is 4.70. The van der Waals surface area contributed by atoms with E-state index in [2.05, 4.69) is 15.6 Å². The van der Waals surface area contributed by atoms with Gasteiger partial charge in [-0.1, -0.05) is 19.3 Å². The van der Waals surface area contributed by atoms with E-state index >= 15 is 0 Å². The van der Waals surface area contributed by atoms with Crippen molar-refractivity contribution in [3.05, 3.63) is 16.1 Å². The highest BCUT2D eigenvalue weighted by atomic mass is 32.1. The number of aliphatic carboxylic acids is 1. The topological polar surface area (TPSA) is 91.3 Å². The number of aryl methyl sites for hydroxylation is 1. The van der Waals surface area contributed by atoms with Crippen LogP contribution in [0.1, 0.15) is 49.2 Å². The Kier molecular flexibility index (Phi) is 5.17. The number of carbonyl (C=O) groups excluding carboxylic acids is 1. The second-order valence-electron chi connectivity index (χ2n) is 5.60. The number of carboxylic acid groups (broad SMARTS) is 1. The van der Waals surface area contributed by atoms with Gasteiger partial charge < -0.3 is 15.7 Å². The second-order valence-corrected chi connectivity index (χ2v) is 6.54. The molecule has 7 heteroatoms. The minimum atomic E-state index is -0.868. The summed E-state index contributed by atoms with van der Waals surface area (Å²) < 4.78 is 0. The molecule has 0 spiro atoms. The van der Waals surface area contributed by atoms with Gasteiger partial charge in [0.05, 0.1) is 18.5 Å². The third-order valence-electron chi connectivity index (χ3n) is 3.75. The Morgan fingerprint density at radius 1 is 1.38 bits per heavy atom. The normalized spacial score (nSPS) is 17.2. The Labute approximate surface area is 128 Å². The summed E-state index contributed by atoms with van der Waals surface area (Å²) in [5.41, 5.74) is 0.333. The Balaban J connectivity index is 1.89. The first-order valence-electron chi connectivity index (χ1n) is 7.18. The summed E-state index contributed by atoms with van der Waals surface area (Å²) >= 11 is 1.50. The first-order chi connectivity index (χ1) is 9.99. The number of nitrogens with one attached hydrogen (secondary N) is 2. The molecule has 0 aliphatic heterocycles. The average molecular weight is 311 g/mol. The smallest absolute Gasteiger partial charge is 0.315 e. The zero-order chi connectivity index (χ0) is 15.3. The van der Waals surface area contributed by atoms with Crippen LogP contribution in [0.25, 0.3) is 0 Å². The number of carboxylic acids is 1. The van der Waals surface area contributed by atoms with E-state index < -0.39 is 11.5 Å². The predicted molar refractivity (Wildman–Crippen MR) is 80.3 cm³/mol. The number of urea groups is 1. The van der Waals surface area contributed by atoms with Crippen LogP contribution in [0.15, 0.2) is 5.38 Å². The number of carbonyl (C=O) groups is 2. The Hall–Kier alpha value is -1.63. The SMILES string of the molecule is Cc1csc(CNC(=O)NC2(CC(=O)O)CCCCC2)n1. The van der Waals surface area contributed by atoms with Crippen molar-refractivity contribution >= 4 is 23.3 Å². The molecule has 6 nitrogen and oxygen atoms in total. The molecule has 2 rings (SSSR count). The van der Waals surface area contributed by atoms with E-state index in [0.29, 0.717) is 6.54 Å². The fraction of sp³-hybridized carbons (Fsp3) is 0.643. The summed E-state index contributed by atoms with van der Waals surface area (Å²) in [7, 11) is 0. The van der Waals surface area contributed by atoms with Gasteiger partial charge in [0.1, 0.15) is 5.01 Å². The van der Waals surface area contributed by atoms with E-state index in [1.807, 2.05) is 12.3 Å². The second kappa shape index (κ2) is 6.89. The molecule has 0 bridgehead atoms. The van der Waals surface area contributed by atoms with E-state index in [9.17, 15) is 9.59 Å². The molecular weight excluding hydrogens is 290 g/mol. The molecule has 0 saturated heterocycles. The lowest BCUT2D eigenvalue weighted by Crippen LogP contribution is -2.54. The molecule has 116 valence electrons. The minimum absolute atomic E-state index is 0.0171. The molecule has 1 heterocycles. The van der Waals surface area contributed by atoms with Gasteiger partial charge in [-0.3, -0.25) is 4.79 Å². The van der Waals surface area contributed by atoms with Crippen LogP contribution in [-0.4, -0.2) is 27.6 Å². The summed E-state index contributed by atoms with van der Waals surface area (Å²) in [6, 6.07) is -0.314. The molecule has 0 radical (unpaired) electrons. The summed E-state index contributed by atoms with van der Waals surface area (Å²) in [4.78, 5) is 27.4. The average Bonchev–Trinajstić information content (AvgIpc) is 2.82. The fourth-order valence-corrected chi connectivity index (χ4v) is 3.50. The molecule has 3 N–H and O–H groups in total. The van der Waals surface area contributed by atoms with Gasteiger partial charge in [0.15, 0.2) is 0 Å². The van der Waals surface area contributed by atoms with Crippen LogP contribution >= 0.6 is 11.3 Å². The first kappa shape index (κ1) is 15.8. The first-order valence-corrected chi connectivity index (χ1v) is 8.06. The summed E-state index contributed by atoms with van der Waals surface area (Å²) in [5.74, 6) is -0.868. The van der Waals surface area contributed by atoms with Crippen molar-refractivity contribution < 1.29 is 14.7 Å². The zero-order valence-electron chi connectivity index (χ0n) is 12.1. The highest BCUT2D eigenvalue weighted by molar-refractivity contribution is 7.09. The molecule has 1 aliphatic carbocycles. The predicted octanol–water partition coefficient (Wildman–Crippen LogP) is 2.43. The van der Waals surface area contributed by atoms with Crippen molar-refractivity contribution in [1.82, 2.24) is 15.6 Å². The summed E-state index contributed by atoms with van der Waals surface area (Å²) in [6.45, 7) is 2.28. The zero-order valence-corrected chi connectivity index (χ0v) is 13.0. The standard InChI is InChI=1S/C14H21N3O3S/c1-10-9-21-11(16-10)8-15-13(20)17-14(7-12(18)19)5-3-2-4-6-14/h9H,2-8H2,1H3,(H,18,19)(H2,15,17,20). The molecule has 2 amide bonds. The summed E-state index contributed by atoms with van der Waals surface area (Å²) in [5, 5.41) is 17.5. The number of nitrogens with zero attached hydrogens (tertiary/aromatic N) is 1. The monoisotopic (exact) mass is 311 g/mol. The van der Waals surface area contributed by atoms with Gasteiger partial charge in [-0.2, -0.15) is 0 Å². The van der Waals surface area contributed by atoms with Crippen LogP contribution in [0.2, 0.25) is 0 Å². The summed E-state index contributed by atoms with van der Waals surface area (Å²) in [6.07, 6.45) is 4.45. The van der Waals surface area contributed by atoms with Gasteiger partial charge in [0.2, 0.25) is 0 Å². The quantitative estimate of drug-likeness (QED) is 0.779. The van der Waals surface area contributed by atoms with E-state index in [1.54, 1.807) is 0 Å². The molecule has 0 atom stereocenters. The molecule has 1 aromatic heterocycles. The lowest BCUT2D eigenvalue weighted by atomic mass is 9.79. The molecule has 1 fully saturated rings. The van der Waals surface area contributed by atoms with Crippen molar-refractivity contribution in [2.24, 2.45) is 0 Å².